The molecule has 0 unspecified atom stereocenters. The van der Waals surface area contributed by atoms with E-state index in [0.717, 1.165) is 12.8 Å². The molecular formula is C14H13NO4. The van der Waals surface area contributed by atoms with Gasteiger partial charge in [-0.3, -0.25) is 19.3 Å². The predicted octanol–water partition coefficient (Wildman–Crippen LogP) is 1.20. The van der Waals surface area contributed by atoms with Gasteiger partial charge in [0, 0.05) is 5.92 Å². The Morgan fingerprint density at radius 2 is 2.11 bits per heavy atom. The van der Waals surface area contributed by atoms with Crippen LogP contribution in [0.5, 0.6) is 5.75 Å². The number of methoxy groups -OCH3 is 1. The zero-order valence-electron chi connectivity index (χ0n) is 10.5. The highest BCUT2D eigenvalue weighted by molar-refractivity contribution is 6.52. The van der Waals surface area contributed by atoms with E-state index < -0.39 is 11.7 Å². The summed E-state index contributed by atoms with van der Waals surface area (Å²) in [6.45, 7) is -0.00539. The number of carbonyl (C=O) groups excluding carboxylic acids is 3. The third kappa shape index (κ3) is 1.91. The van der Waals surface area contributed by atoms with E-state index in [9.17, 15) is 14.4 Å². The van der Waals surface area contributed by atoms with Gasteiger partial charge >= 0.3 is 0 Å². The van der Waals surface area contributed by atoms with Crippen molar-refractivity contribution in [3.63, 3.8) is 0 Å². The summed E-state index contributed by atoms with van der Waals surface area (Å²) < 4.78 is 5.04. The molecule has 0 N–H and O–H groups in total. The van der Waals surface area contributed by atoms with Gasteiger partial charge in [-0.25, -0.2) is 0 Å². The average Bonchev–Trinajstić information content (AvgIpc) is 3.24. The molecule has 5 heteroatoms. The minimum Gasteiger partial charge on any atom is -0.497 e. The van der Waals surface area contributed by atoms with E-state index in [4.69, 9.17) is 4.74 Å². The molecule has 1 fully saturated rings. The normalized spacial score (nSPS) is 17.6. The Bertz CT molecular complexity index is 589. The standard InChI is InChI=1S/C14H13NO4/c1-19-9-4-5-11-10(6-9)13(17)14(18)15(11)7-12(16)8-2-3-8/h4-6,8H,2-3,7H2,1H3. The van der Waals surface area contributed by atoms with Gasteiger partial charge in [0.05, 0.1) is 24.9 Å². The van der Waals surface area contributed by atoms with Crippen LogP contribution in [0, 0.1) is 5.92 Å². The number of ketones is 2. The van der Waals surface area contributed by atoms with E-state index in [1.807, 2.05) is 0 Å². The van der Waals surface area contributed by atoms with E-state index in [1.54, 1.807) is 12.1 Å². The summed E-state index contributed by atoms with van der Waals surface area (Å²) in [4.78, 5) is 36.9. The van der Waals surface area contributed by atoms with E-state index in [-0.39, 0.29) is 18.2 Å². The van der Waals surface area contributed by atoms with Gasteiger partial charge in [0.15, 0.2) is 5.78 Å². The molecule has 1 saturated carbocycles. The molecule has 5 nitrogen and oxygen atoms in total. The third-order valence-electron chi connectivity index (χ3n) is 3.53. The molecule has 0 radical (unpaired) electrons. The third-order valence-corrected chi connectivity index (χ3v) is 3.53. The van der Waals surface area contributed by atoms with Crippen LogP contribution in [0.15, 0.2) is 18.2 Å². The molecule has 2 aliphatic rings. The van der Waals surface area contributed by atoms with Gasteiger partial charge in [0.1, 0.15) is 5.75 Å². The minimum atomic E-state index is -0.628. The van der Waals surface area contributed by atoms with E-state index in [2.05, 4.69) is 0 Å². The van der Waals surface area contributed by atoms with Gasteiger partial charge in [-0.05, 0) is 31.0 Å². The Hall–Kier alpha value is -2.17. The summed E-state index contributed by atoms with van der Waals surface area (Å²) in [7, 11) is 1.50. The number of carbonyl (C=O) groups is 3. The highest BCUT2D eigenvalue weighted by Gasteiger charge is 2.39. The van der Waals surface area contributed by atoms with Crippen LogP contribution in [0.25, 0.3) is 0 Å². The number of hydrogen-bond acceptors (Lipinski definition) is 4. The number of hydrogen-bond donors (Lipinski definition) is 0. The fourth-order valence-corrected chi connectivity index (χ4v) is 2.25. The average molecular weight is 259 g/mol. The van der Waals surface area contributed by atoms with Gasteiger partial charge in [-0.1, -0.05) is 0 Å². The summed E-state index contributed by atoms with van der Waals surface area (Å²) >= 11 is 0. The molecule has 1 amide bonds. The number of anilines is 1. The maximum absolute atomic E-state index is 11.9. The smallest absolute Gasteiger partial charge is 0.299 e. The van der Waals surface area contributed by atoms with E-state index in [1.165, 1.54) is 18.1 Å². The van der Waals surface area contributed by atoms with Crippen molar-refractivity contribution in [2.24, 2.45) is 5.92 Å². The molecule has 0 atom stereocenters. The first-order valence-corrected chi connectivity index (χ1v) is 6.18. The van der Waals surface area contributed by atoms with Crippen molar-refractivity contribution >= 4 is 23.2 Å². The first-order chi connectivity index (χ1) is 9.11. The van der Waals surface area contributed by atoms with Crippen molar-refractivity contribution in [3.05, 3.63) is 23.8 Å². The maximum Gasteiger partial charge on any atom is 0.299 e. The predicted molar refractivity (Wildman–Crippen MR) is 67.4 cm³/mol. The highest BCUT2D eigenvalue weighted by Crippen LogP contribution is 2.34. The number of ether oxygens (including phenoxy) is 1. The first kappa shape index (κ1) is 11.9. The molecule has 0 spiro atoms. The van der Waals surface area contributed by atoms with Crippen molar-refractivity contribution in [2.75, 3.05) is 18.6 Å². The fourth-order valence-electron chi connectivity index (χ4n) is 2.25. The SMILES string of the molecule is COc1ccc2c(c1)C(=O)C(=O)N2CC(=O)C1CC1. The molecule has 98 valence electrons. The van der Waals surface area contributed by atoms with Gasteiger partial charge in [0.2, 0.25) is 0 Å². The van der Waals surface area contributed by atoms with Crippen LogP contribution in [-0.4, -0.2) is 31.1 Å². The first-order valence-electron chi connectivity index (χ1n) is 6.18. The summed E-state index contributed by atoms with van der Waals surface area (Å²) in [5.74, 6) is -0.569. The summed E-state index contributed by atoms with van der Waals surface area (Å²) in [5.41, 5.74) is 0.817. The molecule has 1 aromatic carbocycles. The number of amides is 1. The summed E-state index contributed by atoms with van der Waals surface area (Å²) in [5, 5.41) is 0. The zero-order chi connectivity index (χ0) is 13.6. The monoisotopic (exact) mass is 259 g/mol. The van der Waals surface area contributed by atoms with Crippen LogP contribution >= 0.6 is 0 Å². The Labute approximate surface area is 110 Å². The minimum absolute atomic E-state index is 0.00539. The Morgan fingerprint density at radius 3 is 2.74 bits per heavy atom. The van der Waals surface area contributed by atoms with Crippen molar-refractivity contribution in [2.45, 2.75) is 12.8 Å². The second kappa shape index (κ2) is 4.19. The van der Waals surface area contributed by atoms with Crippen molar-refractivity contribution in [3.8, 4) is 5.75 Å². The van der Waals surface area contributed by atoms with Crippen LogP contribution in [-0.2, 0) is 9.59 Å². The molecule has 0 aromatic heterocycles. The highest BCUT2D eigenvalue weighted by atomic mass is 16.5. The van der Waals surface area contributed by atoms with Crippen molar-refractivity contribution in [1.29, 1.82) is 0 Å². The van der Waals surface area contributed by atoms with Crippen LogP contribution in [0.3, 0.4) is 0 Å². The van der Waals surface area contributed by atoms with Gasteiger partial charge in [0.25, 0.3) is 11.7 Å². The summed E-state index contributed by atoms with van der Waals surface area (Å²) in [6.07, 6.45) is 1.79. The lowest BCUT2D eigenvalue weighted by Gasteiger charge is -2.15. The number of nitrogens with zero attached hydrogens (tertiary/aromatic N) is 1. The molecule has 3 rings (SSSR count). The molecule has 19 heavy (non-hydrogen) atoms. The molecule has 1 aliphatic carbocycles. The van der Waals surface area contributed by atoms with Crippen LogP contribution in [0.2, 0.25) is 0 Å². The zero-order valence-corrected chi connectivity index (χ0v) is 10.5. The van der Waals surface area contributed by atoms with E-state index in [0.29, 0.717) is 17.0 Å². The number of fused-ring (bicyclic) bond motifs is 1. The van der Waals surface area contributed by atoms with Crippen LogP contribution < -0.4 is 9.64 Å². The quantitative estimate of drug-likeness (QED) is 0.762. The lowest BCUT2D eigenvalue weighted by molar-refractivity contribution is -0.121. The molecular weight excluding hydrogens is 246 g/mol. The van der Waals surface area contributed by atoms with Crippen molar-refractivity contribution < 1.29 is 19.1 Å². The lowest BCUT2D eigenvalue weighted by atomic mass is 10.1. The summed E-state index contributed by atoms with van der Waals surface area (Å²) in [6, 6.07) is 4.87. The topological polar surface area (TPSA) is 63.7 Å². The van der Waals surface area contributed by atoms with Gasteiger partial charge in [-0.2, -0.15) is 0 Å². The lowest BCUT2D eigenvalue weighted by Crippen LogP contribution is -2.35. The largest absolute Gasteiger partial charge is 0.497 e. The second-order valence-electron chi connectivity index (χ2n) is 4.84. The molecule has 0 bridgehead atoms. The van der Waals surface area contributed by atoms with Gasteiger partial charge in [-0.15, -0.1) is 0 Å². The molecule has 1 heterocycles. The Balaban J connectivity index is 1.92. The van der Waals surface area contributed by atoms with E-state index >= 15 is 0 Å². The van der Waals surface area contributed by atoms with Gasteiger partial charge < -0.3 is 4.74 Å². The Kier molecular flexibility index (Phi) is 2.62. The number of Topliss-reactive ketones (excluding diaryl/α,β-unsaturated/α-hetero) is 2. The Morgan fingerprint density at radius 1 is 1.37 bits per heavy atom. The van der Waals surface area contributed by atoms with Crippen LogP contribution in [0.4, 0.5) is 5.69 Å². The second-order valence-corrected chi connectivity index (χ2v) is 4.84. The molecule has 1 aliphatic heterocycles. The van der Waals surface area contributed by atoms with Crippen LogP contribution in [0.1, 0.15) is 23.2 Å². The number of benzene rings is 1. The molecule has 1 aromatic rings. The fraction of sp³-hybridized carbons (Fsp3) is 0.357. The number of rotatable bonds is 4. The maximum atomic E-state index is 11.9. The van der Waals surface area contributed by atoms with Crippen molar-refractivity contribution in [1.82, 2.24) is 0 Å². The molecule has 0 saturated heterocycles.